The molecule has 0 aromatic heterocycles. The highest BCUT2D eigenvalue weighted by Crippen LogP contribution is 2.45. The SMILES string of the molecule is CC1=CCC2C(=C1)C1=C(CCCN(C)C1)N2S(=O)(=O)c1ccccc1F. The van der Waals surface area contributed by atoms with Gasteiger partial charge < -0.3 is 4.90 Å². The number of sulfonamides is 1. The Balaban J connectivity index is 1.88. The number of hydrogen-bond acceptors (Lipinski definition) is 3. The Kier molecular flexibility index (Phi) is 4.28. The van der Waals surface area contributed by atoms with Crippen molar-refractivity contribution in [2.75, 3.05) is 20.1 Å². The zero-order valence-corrected chi connectivity index (χ0v) is 15.9. The number of likely N-dealkylation sites (N-methyl/N-ethyl adjacent to an activating group) is 1. The molecule has 0 saturated heterocycles. The van der Waals surface area contributed by atoms with Gasteiger partial charge in [-0.05, 0) is 63.1 Å². The summed E-state index contributed by atoms with van der Waals surface area (Å²) in [5.74, 6) is -0.694. The Bertz CT molecular complexity index is 946. The van der Waals surface area contributed by atoms with Crippen LogP contribution in [-0.4, -0.2) is 43.8 Å². The summed E-state index contributed by atoms with van der Waals surface area (Å²) in [6, 6.07) is 5.39. The van der Waals surface area contributed by atoms with E-state index in [2.05, 4.69) is 24.1 Å². The zero-order chi connectivity index (χ0) is 18.5. The van der Waals surface area contributed by atoms with E-state index in [1.807, 2.05) is 6.92 Å². The van der Waals surface area contributed by atoms with Crippen LogP contribution in [0.3, 0.4) is 0 Å². The van der Waals surface area contributed by atoms with Gasteiger partial charge >= 0.3 is 0 Å². The molecule has 6 heteroatoms. The van der Waals surface area contributed by atoms with E-state index in [9.17, 15) is 12.8 Å². The minimum Gasteiger partial charge on any atom is -0.302 e. The summed E-state index contributed by atoms with van der Waals surface area (Å²) >= 11 is 0. The lowest BCUT2D eigenvalue weighted by Crippen LogP contribution is -2.37. The first-order chi connectivity index (χ1) is 12.4. The normalized spacial score (nSPS) is 24.0. The number of halogens is 1. The van der Waals surface area contributed by atoms with Crippen molar-refractivity contribution in [1.82, 2.24) is 9.21 Å². The van der Waals surface area contributed by atoms with Crippen LogP contribution in [0.25, 0.3) is 0 Å². The van der Waals surface area contributed by atoms with Gasteiger partial charge in [-0.1, -0.05) is 29.9 Å². The topological polar surface area (TPSA) is 40.6 Å². The standard InChI is InChI=1S/C20H23FN2O2S/c1-14-9-10-19-15(12-14)16-13-22(2)11-5-7-18(16)23(19)26(24,25)20-8-4-3-6-17(20)21/h3-4,6,8-9,12,19H,5,7,10-11,13H2,1-2H3. The molecule has 0 radical (unpaired) electrons. The van der Waals surface area contributed by atoms with Gasteiger partial charge in [0.15, 0.2) is 0 Å². The van der Waals surface area contributed by atoms with Gasteiger partial charge in [0.25, 0.3) is 10.0 Å². The van der Waals surface area contributed by atoms with E-state index in [-0.39, 0.29) is 10.9 Å². The van der Waals surface area contributed by atoms with E-state index < -0.39 is 15.8 Å². The first-order valence-corrected chi connectivity index (χ1v) is 10.4. The number of benzene rings is 1. The van der Waals surface area contributed by atoms with E-state index in [1.165, 1.54) is 22.5 Å². The van der Waals surface area contributed by atoms with Crippen molar-refractivity contribution in [2.45, 2.75) is 37.1 Å². The third kappa shape index (κ3) is 2.72. The number of nitrogens with zero attached hydrogens (tertiary/aromatic N) is 2. The molecule has 0 amide bonds. The highest BCUT2D eigenvalue weighted by atomic mass is 32.2. The molecule has 1 aliphatic carbocycles. The Labute approximate surface area is 154 Å². The first-order valence-electron chi connectivity index (χ1n) is 8.98. The van der Waals surface area contributed by atoms with E-state index in [0.29, 0.717) is 12.8 Å². The highest BCUT2D eigenvalue weighted by molar-refractivity contribution is 7.89. The minimum atomic E-state index is -3.95. The van der Waals surface area contributed by atoms with Gasteiger partial charge in [0.1, 0.15) is 10.7 Å². The molecule has 138 valence electrons. The van der Waals surface area contributed by atoms with Gasteiger partial charge in [-0.3, -0.25) is 4.31 Å². The molecule has 4 nitrogen and oxygen atoms in total. The van der Waals surface area contributed by atoms with Gasteiger partial charge in [-0.25, -0.2) is 12.8 Å². The number of fused-ring (bicyclic) bond motifs is 2. The fourth-order valence-corrected chi connectivity index (χ4v) is 6.01. The number of rotatable bonds is 2. The molecule has 0 bridgehead atoms. The highest BCUT2D eigenvalue weighted by Gasteiger charge is 2.44. The Morgan fingerprint density at radius 2 is 2.00 bits per heavy atom. The molecule has 1 aromatic rings. The van der Waals surface area contributed by atoms with Crippen molar-refractivity contribution in [3.63, 3.8) is 0 Å². The molecule has 26 heavy (non-hydrogen) atoms. The fourth-order valence-electron chi connectivity index (χ4n) is 4.20. The lowest BCUT2D eigenvalue weighted by Gasteiger charge is -2.31. The lowest BCUT2D eigenvalue weighted by molar-refractivity contribution is 0.358. The van der Waals surface area contributed by atoms with Crippen LogP contribution >= 0.6 is 0 Å². The summed E-state index contributed by atoms with van der Waals surface area (Å²) in [6.45, 7) is 3.69. The van der Waals surface area contributed by atoms with Crippen molar-refractivity contribution >= 4 is 10.0 Å². The summed E-state index contributed by atoms with van der Waals surface area (Å²) in [7, 11) is -1.89. The molecule has 1 aromatic carbocycles. The predicted octanol–water partition coefficient (Wildman–Crippen LogP) is 3.45. The summed E-state index contributed by atoms with van der Waals surface area (Å²) in [4.78, 5) is 1.99. The lowest BCUT2D eigenvalue weighted by atomic mass is 9.92. The zero-order valence-electron chi connectivity index (χ0n) is 15.1. The third-order valence-electron chi connectivity index (χ3n) is 5.41. The van der Waals surface area contributed by atoms with Gasteiger partial charge in [0.05, 0.1) is 6.04 Å². The maximum absolute atomic E-state index is 14.3. The summed E-state index contributed by atoms with van der Waals surface area (Å²) in [5.41, 5.74) is 4.17. The second-order valence-corrected chi connectivity index (χ2v) is 9.08. The second-order valence-electron chi connectivity index (χ2n) is 7.30. The van der Waals surface area contributed by atoms with Crippen molar-refractivity contribution < 1.29 is 12.8 Å². The summed E-state index contributed by atoms with van der Waals surface area (Å²) < 4.78 is 42.7. The second kappa shape index (κ2) is 6.35. The van der Waals surface area contributed by atoms with Crippen LogP contribution in [0.4, 0.5) is 4.39 Å². The van der Waals surface area contributed by atoms with E-state index in [0.717, 1.165) is 41.9 Å². The number of allylic oxidation sites excluding steroid dienone is 3. The van der Waals surface area contributed by atoms with Crippen LogP contribution in [0.1, 0.15) is 26.2 Å². The van der Waals surface area contributed by atoms with E-state index in [4.69, 9.17) is 0 Å². The molecule has 1 atom stereocenters. The molecule has 0 saturated carbocycles. The molecule has 0 spiro atoms. The van der Waals surface area contributed by atoms with Gasteiger partial charge in [0, 0.05) is 12.2 Å². The molecule has 0 N–H and O–H groups in total. The smallest absolute Gasteiger partial charge is 0.267 e. The van der Waals surface area contributed by atoms with E-state index in [1.54, 1.807) is 6.07 Å². The summed E-state index contributed by atoms with van der Waals surface area (Å²) in [5, 5.41) is 0. The van der Waals surface area contributed by atoms with Crippen molar-refractivity contribution in [2.24, 2.45) is 0 Å². The van der Waals surface area contributed by atoms with Gasteiger partial charge in [0.2, 0.25) is 0 Å². The van der Waals surface area contributed by atoms with Crippen LogP contribution in [0.2, 0.25) is 0 Å². The first kappa shape index (κ1) is 17.5. The third-order valence-corrected chi connectivity index (χ3v) is 7.29. The quantitative estimate of drug-likeness (QED) is 0.796. The van der Waals surface area contributed by atoms with Crippen LogP contribution in [0, 0.1) is 5.82 Å². The predicted molar refractivity (Wildman–Crippen MR) is 99.4 cm³/mol. The van der Waals surface area contributed by atoms with Crippen LogP contribution in [0.5, 0.6) is 0 Å². The van der Waals surface area contributed by atoms with Crippen molar-refractivity contribution in [3.05, 3.63) is 64.7 Å². The van der Waals surface area contributed by atoms with Crippen molar-refractivity contribution in [3.8, 4) is 0 Å². The maximum Gasteiger partial charge on any atom is 0.267 e. The van der Waals surface area contributed by atoms with E-state index >= 15 is 0 Å². The largest absolute Gasteiger partial charge is 0.302 e. The van der Waals surface area contributed by atoms with Crippen LogP contribution in [0.15, 0.2) is 63.7 Å². The van der Waals surface area contributed by atoms with Crippen LogP contribution < -0.4 is 0 Å². The van der Waals surface area contributed by atoms with Gasteiger partial charge in [-0.2, -0.15) is 0 Å². The minimum absolute atomic E-state index is 0.239. The number of hydrogen-bond donors (Lipinski definition) is 0. The summed E-state index contributed by atoms with van der Waals surface area (Å²) in [6.07, 6.45) is 6.38. The molecule has 3 aliphatic rings. The monoisotopic (exact) mass is 374 g/mol. The average Bonchev–Trinajstić information content (AvgIpc) is 2.76. The average molecular weight is 374 g/mol. The van der Waals surface area contributed by atoms with Crippen molar-refractivity contribution in [1.29, 1.82) is 0 Å². The van der Waals surface area contributed by atoms with Crippen LogP contribution in [-0.2, 0) is 10.0 Å². The Hall–Kier alpha value is -1.92. The fraction of sp³-hybridized carbons (Fsp3) is 0.400. The van der Waals surface area contributed by atoms with Gasteiger partial charge in [-0.15, -0.1) is 0 Å². The maximum atomic E-state index is 14.3. The molecule has 4 rings (SSSR count). The Morgan fingerprint density at radius 1 is 1.23 bits per heavy atom. The Morgan fingerprint density at radius 3 is 2.77 bits per heavy atom. The molecule has 0 fully saturated rings. The molecule has 2 heterocycles. The molecular weight excluding hydrogens is 351 g/mol. The molecule has 1 unspecified atom stereocenters. The molecular formula is C20H23FN2O2S. The molecule has 2 aliphatic heterocycles.